The Morgan fingerprint density at radius 2 is 1.60 bits per heavy atom. The van der Waals surface area contributed by atoms with Crippen LogP contribution in [0.2, 0.25) is 0 Å². The highest BCUT2D eigenvalue weighted by atomic mass is 16.6. The molecule has 112 valence electrons. The second kappa shape index (κ2) is 11.3. The lowest BCUT2D eigenvalue weighted by atomic mass is 10.1. The molecule has 0 aliphatic heterocycles. The normalized spacial score (nSPS) is 10.2. The van der Waals surface area contributed by atoms with Gasteiger partial charge in [-0.2, -0.15) is 0 Å². The fourth-order valence-electron chi connectivity index (χ4n) is 1.95. The van der Waals surface area contributed by atoms with E-state index in [1.54, 1.807) is 0 Å². The standard InChI is InChI=1S/C17H26O3/c1-2-3-4-5-6-7-11-14-19-17(18)15-20-16-12-9-8-10-13-16/h8-10,12-13H,2-7,11,14-15H2,1H3. The number of unbranched alkanes of at least 4 members (excludes halogenated alkanes) is 6. The van der Waals surface area contributed by atoms with Gasteiger partial charge in [-0.15, -0.1) is 0 Å². The molecule has 20 heavy (non-hydrogen) atoms. The van der Waals surface area contributed by atoms with E-state index in [-0.39, 0.29) is 12.6 Å². The fourth-order valence-corrected chi connectivity index (χ4v) is 1.95. The molecule has 0 aliphatic rings. The lowest BCUT2D eigenvalue weighted by molar-refractivity contribution is -0.146. The van der Waals surface area contributed by atoms with Gasteiger partial charge in [-0.1, -0.05) is 63.6 Å². The molecular weight excluding hydrogens is 252 g/mol. The molecule has 3 heteroatoms. The number of rotatable bonds is 11. The summed E-state index contributed by atoms with van der Waals surface area (Å²) in [6.45, 7) is 2.71. The third-order valence-electron chi connectivity index (χ3n) is 3.11. The monoisotopic (exact) mass is 278 g/mol. The van der Waals surface area contributed by atoms with Crippen LogP contribution in [-0.2, 0) is 9.53 Å². The average Bonchev–Trinajstić information content (AvgIpc) is 2.49. The van der Waals surface area contributed by atoms with E-state index < -0.39 is 0 Å². The van der Waals surface area contributed by atoms with Gasteiger partial charge in [0.1, 0.15) is 5.75 Å². The van der Waals surface area contributed by atoms with Gasteiger partial charge in [-0.3, -0.25) is 0 Å². The quantitative estimate of drug-likeness (QED) is 0.445. The highest BCUT2D eigenvalue weighted by molar-refractivity contribution is 5.71. The van der Waals surface area contributed by atoms with Crippen LogP contribution in [0.4, 0.5) is 0 Å². The molecule has 0 bridgehead atoms. The van der Waals surface area contributed by atoms with E-state index in [4.69, 9.17) is 9.47 Å². The number of carbonyl (C=O) groups excluding carboxylic acids is 1. The van der Waals surface area contributed by atoms with Crippen molar-refractivity contribution in [2.75, 3.05) is 13.2 Å². The van der Waals surface area contributed by atoms with Gasteiger partial charge >= 0.3 is 5.97 Å². The highest BCUT2D eigenvalue weighted by Crippen LogP contribution is 2.09. The summed E-state index contributed by atoms with van der Waals surface area (Å²) < 4.78 is 10.4. The zero-order valence-corrected chi connectivity index (χ0v) is 12.5. The Kier molecular flexibility index (Phi) is 9.37. The molecule has 0 atom stereocenters. The molecule has 0 radical (unpaired) electrons. The third-order valence-corrected chi connectivity index (χ3v) is 3.11. The first-order chi connectivity index (χ1) is 9.83. The molecule has 0 aliphatic carbocycles. The minimum atomic E-state index is -0.292. The van der Waals surface area contributed by atoms with Gasteiger partial charge < -0.3 is 9.47 Å². The molecule has 0 unspecified atom stereocenters. The molecule has 1 aromatic rings. The van der Waals surface area contributed by atoms with Crippen molar-refractivity contribution in [2.45, 2.75) is 51.9 Å². The van der Waals surface area contributed by atoms with Crippen molar-refractivity contribution >= 4 is 5.97 Å². The first-order valence-electron chi connectivity index (χ1n) is 7.66. The summed E-state index contributed by atoms with van der Waals surface area (Å²) in [5.74, 6) is 0.403. The Hall–Kier alpha value is -1.51. The van der Waals surface area contributed by atoms with Gasteiger partial charge in [0.15, 0.2) is 6.61 Å². The summed E-state index contributed by atoms with van der Waals surface area (Å²) in [5.41, 5.74) is 0. The molecule has 0 saturated heterocycles. The number of benzene rings is 1. The number of para-hydroxylation sites is 1. The third kappa shape index (κ3) is 8.57. The molecule has 0 fully saturated rings. The SMILES string of the molecule is CCCCCCCCCOC(=O)COc1ccccc1. The molecule has 0 spiro atoms. The molecule has 1 rings (SSSR count). The Morgan fingerprint density at radius 3 is 2.30 bits per heavy atom. The van der Waals surface area contributed by atoms with Crippen LogP contribution in [0, 0.1) is 0 Å². The summed E-state index contributed by atoms with van der Waals surface area (Å²) in [6, 6.07) is 9.30. The predicted molar refractivity (Wildman–Crippen MR) is 80.9 cm³/mol. The van der Waals surface area contributed by atoms with E-state index in [2.05, 4.69) is 6.92 Å². The number of hydrogen-bond acceptors (Lipinski definition) is 3. The van der Waals surface area contributed by atoms with E-state index in [0.29, 0.717) is 12.4 Å². The molecule has 3 nitrogen and oxygen atoms in total. The Labute approximate surface area is 122 Å². The number of carbonyl (C=O) groups is 1. The zero-order valence-electron chi connectivity index (χ0n) is 12.5. The number of esters is 1. The van der Waals surface area contributed by atoms with Crippen LogP contribution >= 0.6 is 0 Å². The van der Waals surface area contributed by atoms with Crippen LogP contribution in [0.1, 0.15) is 51.9 Å². The van der Waals surface area contributed by atoms with Crippen molar-refractivity contribution in [3.8, 4) is 5.75 Å². The van der Waals surface area contributed by atoms with E-state index in [1.165, 1.54) is 32.1 Å². The molecule has 0 amide bonds. The first-order valence-corrected chi connectivity index (χ1v) is 7.66. The van der Waals surface area contributed by atoms with Crippen LogP contribution in [0.3, 0.4) is 0 Å². The Balaban J connectivity index is 1.93. The summed E-state index contributed by atoms with van der Waals surface area (Å²) >= 11 is 0. The highest BCUT2D eigenvalue weighted by Gasteiger charge is 2.03. The maximum atomic E-state index is 11.4. The number of ether oxygens (including phenoxy) is 2. The Morgan fingerprint density at radius 1 is 0.950 bits per heavy atom. The van der Waals surface area contributed by atoms with Crippen molar-refractivity contribution in [3.63, 3.8) is 0 Å². The van der Waals surface area contributed by atoms with Gasteiger partial charge in [0.05, 0.1) is 6.61 Å². The van der Waals surface area contributed by atoms with Gasteiger partial charge in [-0.25, -0.2) is 4.79 Å². The predicted octanol–water partition coefficient (Wildman–Crippen LogP) is 4.36. The molecule has 0 aromatic heterocycles. The van der Waals surface area contributed by atoms with Crippen molar-refractivity contribution in [1.29, 1.82) is 0 Å². The molecule has 1 aromatic carbocycles. The van der Waals surface area contributed by atoms with Crippen LogP contribution < -0.4 is 4.74 Å². The van der Waals surface area contributed by atoms with Gasteiger partial charge in [0.25, 0.3) is 0 Å². The van der Waals surface area contributed by atoms with E-state index in [9.17, 15) is 4.79 Å². The molecule has 0 N–H and O–H groups in total. The smallest absolute Gasteiger partial charge is 0.344 e. The Bertz CT molecular complexity index is 349. The van der Waals surface area contributed by atoms with Crippen LogP contribution in [0.15, 0.2) is 30.3 Å². The van der Waals surface area contributed by atoms with Gasteiger partial charge in [0, 0.05) is 0 Å². The van der Waals surface area contributed by atoms with E-state index >= 15 is 0 Å². The lowest BCUT2D eigenvalue weighted by Gasteiger charge is -2.07. The summed E-state index contributed by atoms with van der Waals surface area (Å²) in [6.07, 6.45) is 8.53. The van der Waals surface area contributed by atoms with Crippen LogP contribution in [0.5, 0.6) is 5.75 Å². The van der Waals surface area contributed by atoms with Crippen molar-refractivity contribution in [2.24, 2.45) is 0 Å². The zero-order chi connectivity index (χ0) is 14.5. The molecular formula is C17H26O3. The summed E-state index contributed by atoms with van der Waals surface area (Å²) in [7, 11) is 0. The van der Waals surface area contributed by atoms with Crippen molar-refractivity contribution in [3.05, 3.63) is 30.3 Å². The fraction of sp³-hybridized carbons (Fsp3) is 0.588. The minimum Gasteiger partial charge on any atom is -0.482 e. The topological polar surface area (TPSA) is 35.5 Å². The van der Waals surface area contributed by atoms with Crippen molar-refractivity contribution < 1.29 is 14.3 Å². The number of hydrogen-bond donors (Lipinski definition) is 0. The summed E-state index contributed by atoms with van der Waals surface area (Å²) in [4.78, 5) is 11.4. The largest absolute Gasteiger partial charge is 0.482 e. The molecule has 0 saturated carbocycles. The lowest BCUT2D eigenvalue weighted by Crippen LogP contribution is -2.15. The van der Waals surface area contributed by atoms with Crippen LogP contribution in [-0.4, -0.2) is 19.2 Å². The van der Waals surface area contributed by atoms with E-state index in [0.717, 1.165) is 12.8 Å². The maximum absolute atomic E-state index is 11.4. The second-order valence-corrected chi connectivity index (χ2v) is 4.94. The summed E-state index contributed by atoms with van der Waals surface area (Å²) in [5, 5.41) is 0. The van der Waals surface area contributed by atoms with Gasteiger partial charge in [-0.05, 0) is 18.6 Å². The van der Waals surface area contributed by atoms with Crippen LogP contribution in [0.25, 0.3) is 0 Å². The molecule has 0 heterocycles. The second-order valence-electron chi connectivity index (χ2n) is 4.94. The maximum Gasteiger partial charge on any atom is 0.344 e. The van der Waals surface area contributed by atoms with E-state index in [1.807, 2.05) is 30.3 Å². The average molecular weight is 278 g/mol. The van der Waals surface area contributed by atoms with Crippen molar-refractivity contribution in [1.82, 2.24) is 0 Å². The van der Waals surface area contributed by atoms with Gasteiger partial charge in [0.2, 0.25) is 0 Å². The minimum absolute atomic E-state index is 0.0134. The first kappa shape index (κ1) is 16.5.